The summed E-state index contributed by atoms with van der Waals surface area (Å²) in [5, 5.41) is 3.00. The van der Waals surface area contributed by atoms with E-state index in [1.54, 1.807) is 35.3 Å². The first kappa shape index (κ1) is 28.1. The van der Waals surface area contributed by atoms with Gasteiger partial charge in [-0.2, -0.15) is 4.98 Å². The molecule has 218 valence electrons. The Morgan fingerprint density at radius 3 is 2.76 bits per heavy atom. The highest BCUT2D eigenvalue weighted by atomic mass is 16.7. The number of nitrogens with one attached hydrogen (secondary N) is 1. The number of fused-ring (bicyclic) bond motifs is 1. The second-order valence-electron chi connectivity index (χ2n) is 10.1. The fourth-order valence-corrected chi connectivity index (χ4v) is 4.71. The average Bonchev–Trinajstić information content (AvgIpc) is 3.68. The molecule has 1 N–H and O–H groups in total. The number of piperazine rings is 1. The zero-order chi connectivity index (χ0) is 28.8. The first-order chi connectivity index (χ1) is 19.9. The Labute approximate surface area is 238 Å². The fraction of sp³-hybridized carbons (Fsp3) is 0.464. The van der Waals surface area contributed by atoms with E-state index in [0.717, 1.165) is 11.3 Å². The maximum atomic E-state index is 13.2. The number of rotatable bonds is 10. The molecule has 41 heavy (non-hydrogen) atoms. The van der Waals surface area contributed by atoms with Gasteiger partial charge in [-0.05, 0) is 23.6 Å². The third-order valence-corrected chi connectivity index (χ3v) is 6.94. The number of hydrogen-bond acceptors (Lipinski definition) is 10. The van der Waals surface area contributed by atoms with Gasteiger partial charge in [-0.15, -0.1) is 0 Å². The summed E-state index contributed by atoms with van der Waals surface area (Å²) in [5.74, 6) is 2.54. The fourth-order valence-electron chi connectivity index (χ4n) is 4.71. The van der Waals surface area contributed by atoms with E-state index < -0.39 is 6.09 Å². The summed E-state index contributed by atoms with van der Waals surface area (Å²) in [5.41, 5.74) is 1.76. The van der Waals surface area contributed by atoms with Crippen molar-refractivity contribution in [3.63, 3.8) is 0 Å². The first-order valence-corrected chi connectivity index (χ1v) is 13.6. The van der Waals surface area contributed by atoms with Crippen LogP contribution in [0.15, 0.2) is 43.0 Å². The molecular formula is C28H35N7O6. The number of hydrogen-bond donors (Lipinski definition) is 1. The number of carbonyl (C=O) groups excluding carboxylic acids is 2. The molecule has 4 heterocycles. The number of methoxy groups -OCH3 is 1. The van der Waals surface area contributed by atoms with Crippen molar-refractivity contribution in [3.8, 4) is 17.4 Å². The normalized spacial score (nSPS) is 16.2. The van der Waals surface area contributed by atoms with E-state index in [1.165, 1.54) is 0 Å². The summed E-state index contributed by atoms with van der Waals surface area (Å²) in [6.07, 6.45) is 4.83. The van der Waals surface area contributed by atoms with Crippen molar-refractivity contribution in [2.45, 2.75) is 38.8 Å². The van der Waals surface area contributed by atoms with Crippen LogP contribution in [0.4, 0.5) is 10.6 Å². The zero-order valence-electron chi connectivity index (χ0n) is 23.5. The van der Waals surface area contributed by atoms with Crippen LogP contribution in [0.2, 0.25) is 0 Å². The highest BCUT2D eigenvalue weighted by Gasteiger charge is 2.33. The number of anilines is 1. The topological polar surface area (TPSA) is 133 Å². The highest BCUT2D eigenvalue weighted by molar-refractivity contribution is 5.77. The van der Waals surface area contributed by atoms with Crippen molar-refractivity contribution < 1.29 is 28.5 Å². The van der Waals surface area contributed by atoms with Gasteiger partial charge in [-0.25, -0.2) is 14.8 Å². The van der Waals surface area contributed by atoms with Crippen LogP contribution in [0.25, 0.3) is 5.95 Å². The van der Waals surface area contributed by atoms with Crippen LogP contribution in [-0.4, -0.2) is 89.2 Å². The number of amides is 2. The minimum atomic E-state index is -0.433. The summed E-state index contributed by atoms with van der Waals surface area (Å²) in [7, 11) is 1.55. The van der Waals surface area contributed by atoms with E-state index in [9.17, 15) is 9.59 Å². The minimum Gasteiger partial charge on any atom is -0.454 e. The van der Waals surface area contributed by atoms with Crippen molar-refractivity contribution in [2.24, 2.45) is 0 Å². The molecule has 2 aromatic heterocycles. The Kier molecular flexibility index (Phi) is 8.82. The van der Waals surface area contributed by atoms with Gasteiger partial charge in [-0.3, -0.25) is 9.36 Å². The standard InChI is InChI=1S/C28H35N7O6/c1-19(2)22-14-25(32-27(31-22)34-7-6-29-17-34)35-9-8-33(28(37)39-11-10-38-3)16-21(35)13-26(36)30-15-20-4-5-23-24(12-20)41-18-40-23/h4-7,12,14,17,19,21H,8-11,13,15-16,18H2,1-3H3,(H,30,36). The first-order valence-electron chi connectivity index (χ1n) is 13.6. The van der Waals surface area contributed by atoms with Gasteiger partial charge in [0.15, 0.2) is 11.5 Å². The van der Waals surface area contributed by atoms with E-state index in [1.807, 2.05) is 24.3 Å². The number of aromatic nitrogens is 4. The summed E-state index contributed by atoms with van der Waals surface area (Å²) < 4.78 is 22.9. The molecule has 1 aromatic carbocycles. The molecule has 1 atom stereocenters. The van der Waals surface area contributed by atoms with Crippen molar-refractivity contribution in [3.05, 3.63) is 54.2 Å². The van der Waals surface area contributed by atoms with Crippen LogP contribution in [0.1, 0.15) is 37.4 Å². The molecule has 2 aliphatic heterocycles. The lowest BCUT2D eigenvalue weighted by molar-refractivity contribution is -0.121. The van der Waals surface area contributed by atoms with Crippen LogP contribution >= 0.6 is 0 Å². The van der Waals surface area contributed by atoms with Gasteiger partial charge in [0.05, 0.1) is 18.3 Å². The number of ether oxygens (including phenoxy) is 4. The molecule has 2 aliphatic rings. The van der Waals surface area contributed by atoms with Crippen LogP contribution in [-0.2, 0) is 20.8 Å². The number of carbonyl (C=O) groups is 2. The van der Waals surface area contributed by atoms with Gasteiger partial charge in [0.1, 0.15) is 18.8 Å². The smallest absolute Gasteiger partial charge is 0.409 e. The lowest BCUT2D eigenvalue weighted by atomic mass is 10.1. The Hall–Kier alpha value is -4.39. The second kappa shape index (κ2) is 12.9. The van der Waals surface area contributed by atoms with Gasteiger partial charge >= 0.3 is 6.09 Å². The van der Waals surface area contributed by atoms with Crippen molar-refractivity contribution in [1.29, 1.82) is 0 Å². The molecule has 0 aliphatic carbocycles. The Morgan fingerprint density at radius 2 is 1.98 bits per heavy atom. The van der Waals surface area contributed by atoms with Gasteiger partial charge in [0, 0.05) is 58.2 Å². The summed E-state index contributed by atoms with van der Waals surface area (Å²) >= 11 is 0. The van der Waals surface area contributed by atoms with Gasteiger partial charge in [-0.1, -0.05) is 19.9 Å². The molecule has 0 saturated carbocycles. The highest BCUT2D eigenvalue weighted by Crippen LogP contribution is 2.32. The van der Waals surface area contributed by atoms with E-state index >= 15 is 0 Å². The summed E-state index contributed by atoms with van der Waals surface area (Å²) in [4.78, 5) is 43.4. The van der Waals surface area contributed by atoms with E-state index in [4.69, 9.17) is 28.9 Å². The molecule has 0 radical (unpaired) electrons. The van der Waals surface area contributed by atoms with Gasteiger partial charge in [0.25, 0.3) is 0 Å². The molecule has 1 saturated heterocycles. The predicted octanol–water partition coefficient (Wildman–Crippen LogP) is 2.49. The molecule has 1 unspecified atom stereocenters. The van der Waals surface area contributed by atoms with Crippen LogP contribution in [0, 0.1) is 0 Å². The van der Waals surface area contributed by atoms with Crippen LogP contribution < -0.4 is 19.7 Å². The monoisotopic (exact) mass is 565 g/mol. The molecule has 5 rings (SSSR count). The predicted molar refractivity (Wildman–Crippen MR) is 148 cm³/mol. The SMILES string of the molecule is COCCOC(=O)N1CCN(c2cc(C(C)C)nc(-n3ccnc3)n2)C(CC(=O)NCc2ccc3c(c2)OCO3)C1. The largest absolute Gasteiger partial charge is 0.454 e. The van der Waals surface area contributed by atoms with E-state index in [0.29, 0.717) is 56.1 Å². The van der Waals surface area contributed by atoms with Crippen molar-refractivity contribution >= 4 is 17.8 Å². The van der Waals surface area contributed by atoms with E-state index in [2.05, 4.69) is 29.0 Å². The molecule has 13 nitrogen and oxygen atoms in total. The zero-order valence-corrected chi connectivity index (χ0v) is 23.5. The average molecular weight is 566 g/mol. The second-order valence-corrected chi connectivity index (χ2v) is 10.1. The molecule has 3 aromatic rings. The van der Waals surface area contributed by atoms with Crippen molar-refractivity contribution in [2.75, 3.05) is 51.7 Å². The maximum absolute atomic E-state index is 13.2. The summed E-state index contributed by atoms with van der Waals surface area (Å²) in [6, 6.07) is 7.19. The molecule has 0 spiro atoms. The number of benzene rings is 1. The summed E-state index contributed by atoms with van der Waals surface area (Å²) in [6.45, 7) is 6.32. The Morgan fingerprint density at radius 1 is 1.12 bits per heavy atom. The van der Waals surface area contributed by atoms with Crippen LogP contribution in [0.3, 0.4) is 0 Å². The third-order valence-electron chi connectivity index (χ3n) is 6.94. The lowest BCUT2D eigenvalue weighted by Crippen LogP contribution is -2.56. The maximum Gasteiger partial charge on any atom is 0.409 e. The third kappa shape index (κ3) is 6.85. The number of nitrogens with zero attached hydrogens (tertiary/aromatic N) is 6. The quantitative estimate of drug-likeness (QED) is 0.366. The lowest BCUT2D eigenvalue weighted by Gasteiger charge is -2.41. The Bertz CT molecular complexity index is 1350. The molecule has 1 fully saturated rings. The minimum absolute atomic E-state index is 0.147. The van der Waals surface area contributed by atoms with E-state index in [-0.39, 0.29) is 37.7 Å². The molecular weight excluding hydrogens is 530 g/mol. The molecule has 13 heteroatoms. The van der Waals surface area contributed by atoms with Gasteiger partial charge < -0.3 is 34.1 Å². The van der Waals surface area contributed by atoms with Crippen molar-refractivity contribution in [1.82, 2.24) is 29.7 Å². The van der Waals surface area contributed by atoms with Crippen LogP contribution in [0.5, 0.6) is 11.5 Å². The molecule has 0 bridgehead atoms. The molecule has 2 amide bonds. The van der Waals surface area contributed by atoms with Gasteiger partial charge in [0.2, 0.25) is 18.6 Å². The Balaban J connectivity index is 1.34. The number of imidazole rings is 1.